The summed E-state index contributed by atoms with van der Waals surface area (Å²) in [7, 11) is 0. The highest BCUT2D eigenvalue weighted by molar-refractivity contribution is 8.08. The van der Waals surface area contributed by atoms with Crippen molar-refractivity contribution in [2.75, 3.05) is 5.94 Å². The monoisotopic (exact) mass is 164 g/mol. The summed E-state index contributed by atoms with van der Waals surface area (Å²) in [5.74, 6) is 1.65. The van der Waals surface area contributed by atoms with E-state index in [2.05, 4.69) is 6.58 Å². The van der Waals surface area contributed by atoms with E-state index < -0.39 is 0 Å². The summed E-state index contributed by atoms with van der Waals surface area (Å²) in [6, 6.07) is 7.98. The maximum atomic E-state index is 5.40. The van der Waals surface area contributed by atoms with Crippen LogP contribution in [-0.2, 0) is 0 Å². The lowest BCUT2D eigenvalue weighted by Gasteiger charge is -2.17. The van der Waals surface area contributed by atoms with Crippen molar-refractivity contribution in [3.63, 3.8) is 0 Å². The van der Waals surface area contributed by atoms with Gasteiger partial charge in [-0.1, -0.05) is 36.5 Å². The molecule has 1 aliphatic heterocycles. The topological polar surface area (TPSA) is 9.23 Å². The molecule has 0 spiro atoms. The summed E-state index contributed by atoms with van der Waals surface area (Å²) in [4.78, 5) is 1.10. The zero-order valence-electron chi connectivity index (χ0n) is 6.04. The molecule has 56 valence electrons. The third-order valence-corrected chi connectivity index (χ3v) is 2.44. The Labute approximate surface area is 70.1 Å². The van der Waals surface area contributed by atoms with Gasteiger partial charge in [-0.3, -0.25) is 0 Å². The number of rotatable bonds is 0. The van der Waals surface area contributed by atoms with Crippen molar-refractivity contribution >= 4 is 16.7 Å². The highest BCUT2D eigenvalue weighted by Gasteiger charge is 2.11. The van der Waals surface area contributed by atoms with E-state index in [9.17, 15) is 0 Å². The molecule has 0 saturated heterocycles. The molecule has 2 rings (SSSR count). The number of fused-ring (bicyclic) bond motifs is 1. The minimum absolute atomic E-state index is 0.690. The van der Waals surface area contributed by atoms with Crippen LogP contribution in [0.25, 0.3) is 4.91 Å². The molecule has 0 fully saturated rings. The fourth-order valence-electron chi connectivity index (χ4n) is 1.06. The van der Waals surface area contributed by atoms with E-state index in [4.69, 9.17) is 4.74 Å². The van der Waals surface area contributed by atoms with Crippen LogP contribution in [0.2, 0.25) is 0 Å². The fourth-order valence-corrected chi connectivity index (χ4v) is 1.72. The Kier molecular flexibility index (Phi) is 1.62. The van der Waals surface area contributed by atoms with E-state index in [1.807, 2.05) is 24.3 Å². The van der Waals surface area contributed by atoms with Gasteiger partial charge in [0, 0.05) is 10.5 Å². The summed E-state index contributed by atoms with van der Waals surface area (Å²) in [5.41, 5.74) is 1.13. The largest absolute Gasteiger partial charge is 0.482 e. The fraction of sp³-hybridized carbons (Fsp3) is 0.111. The maximum absolute atomic E-state index is 5.40. The Hall–Kier alpha value is -0.890. The summed E-state index contributed by atoms with van der Waals surface area (Å²) in [6.45, 7) is 3.94. The first-order valence-electron chi connectivity index (χ1n) is 3.42. The second-order valence-corrected chi connectivity index (χ2v) is 3.34. The number of thioether (sulfide) groups is 1. The smallest absolute Gasteiger partial charge is 0.138 e. The van der Waals surface area contributed by atoms with Crippen molar-refractivity contribution in [3.05, 3.63) is 36.4 Å². The second kappa shape index (κ2) is 2.62. The average Bonchev–Trinajstić information content (AvgIpc) is 2.06. The summed E-state index contributed by atoms with van der Waals surface area (Å²) in [6.07, 6.45) is 0. The first kappa shape index (κ1) is 6.80. The number of hydrogen-bond acceptors (Lipinski definition) is 2. The van der Waals surface area contributed by atoms with Gasteiger partial charge in [-0.25, -0.2) is 0 Å². The second-order valence-electron chi connectivity index (χ2n) is 2.33. The molecule has 0 aliphatic carbocycles. The van der Waals surface area contributed by atoms with Crippen LogP contribution in [0.5, 0.6) is 5.75 Å². The molecule has 1 nitrogen and oxygen atoms in total. The van der Waals surface area contributed by atoms with Crippen molar-refractivity contribution in [2.45, 2.75) is 0 Å². The van der Waals surface area contributed by atoms with Crippen LogP contribution in [-0.4, -0.2) is 5.94 Å². The van der Waals surface area contributed by atoms with Crippen molar-refractivity contribution in [3.8, 4) is 5.75 Å². The molecule has 0 amide bonds. The van der Waals surface area contributed by atoms with Gasteiger partial charge in [-0.05, 0) is 6.07 Å². The van der Waals surface area contributed by atoms with Crippen LogP contribution in [0.3, 0.4) is 0 Å². The first-order valence-corrected chi connectivity index (χ1v) is 4.40. The molecule has 0 N–H and O–H groups in total. The van der Waals surface area contributed by atoms with Crippen molar-refractivity contribution in [1.29, 1.82) is 0 Å². The molecule has 0 aromatic heterocycles. The standard InChI is InChI=1S/C9H8OS/c1-7-8-4-2-3-5-9(8)10-6-11-7/h2-5H,1,6H2. The molecular weight excluding hydrogens is 156 g/mol. The molecule has 0 atom stereocenters. The van der Waals surface area contributed by atoms with Gasteiger partial charge in [-0.2, -0.15) is 0 Å². The lowest BCUT2D eigenvalue weighted by atomic mass is 10.2. The molecule has 0 bridgehead atoms. The average molecular weight is 164 g/mol. The Morgan fingerprint density at radius 1 is 1.36 bits per heavy atom. The lowest BCUT2D eigenvalue weighted by molar-refractivity contribution is 0.390. The molecule has 11 heavy (non-hydrogen) atoms. The highest BCUT2D eigenvalue weighted by atomic mass is 32.2. The van der Waals surface area contributed by atoms with Gasteiger partial charge in [0.25, 0.3) is 0 Å². The predicted molar refractivity (Wildman–Crippen MR) is 48.6 cm³/mol. The van der Waals surface area contributed by atoms with Crippen LogP contribution in [0.15, 0.2) is 30.8 Å². The van der Waals surface area contributed by atoms with Crippen LogP contribution in [0.1, 0.15) is 5.56 Å². The molecule has 0 saturated carbocycles. The molecule has 1 heterocycles. The van der Waals surface area contributed by atoms with Crippen molar-refractivity contribution in [1.82, 2.24) is 0 Å². The molecule has 0 unspecified atom stereocenters. The molecule has 1 aliphatic rings. The number of hydrogen-bond donors (Lipinski definition) is 0. The van der Waals surface area contributed by atoms with Crippen molar-refractivity contribution < 1.29 is 4.74 Å². The van der Waals surface area contributed by atoms with E-state index in [-0.39, 0.29) is 0 Å². The van der Waals surface area contributed by atoms with Gasteiger partial charge < -0.3 is 4.74 Å². The van der Waals surface area contributed by atoms with Gasteiger partial charge in [-0.15, -0.1) is 0 Å². The van der Waals surface area contributed by atoms with Gasteiger partial charge in [0.15, 0.2) is 0 Å². The molecule has 1 aromatic carbocycles. The summed E-state index contributed by atoms with van der Waals surface area (Å²) >= 11 is 1.64. The van der Waals surface area contributed by atoms with Crippen LogP contribution in [0, 0.1) is 0 Å². The first-order chi connectivity index (χ1) is 5.38. The minimum atomic E-state index is 0.690. The Morgan fingerprint density at radius 3 is 3.00 bits per heavy atom. The van der Waals surface area contributed by atoms with E-state index >= 15 is 0 Å². The van der Waals surface area contributed by atoms with E-state index in [0.717, 1.165) is 16.2 Å². The van der Waals surface area contributed by atoms with Crippen LogP contribution in [0.4, 0.5) is 0 Å². The van der Waals surface area contributed by atoms with Crippen LogP contribution < -0.4 is 4.74 Å². The third kappa shape index (κ3) is 1.14. The number of ether oxygens (including phenoxy) is 1. The van der Waals surface area contributed by atoms with E-state index in [0.29, 0.717) is 5.94 Å². The summed E-state index contributed by atoms with van der Waals surface area (Å²) < 4.78 is 5.40. The zero-order valence-corrected chi connectivity index (χ0v) is 6.86. The zero-order chi connectivity index (χ0) is 7.68. The SMILES string of the molecule is C=C1SCOc2ccccc21. The van der Waals surface area contributed by atoms with E-state index in [1.165, 1.54) is 0 Å². The molecule has 2 heteroatoms. The van der Waals surface area contributed by atoms with Gasteiger partial charge in [0.1, 0.15) is 11.7 Å². The normalized spacial score (nSPS) is 15.5. The summed E-state index contributed by atoms with van der Waals surface area (Å²) in [5, 5.41) is 0. The molecule has 1 aromatic rings. The number of benzene rings is 1. The van der Waals surface area contributed by atoms with Gasteiger partial charge in [0.05, 0.1) is 0 Å². The minimum Gasteiger partial charge on any atom is -0.482 e. The Balaban J connectivity index is 2.52. The van der Waals surface area contributed by atoms with Crippen molar-refractivity contribution in [2.24, 2.45) is 0 Å². The molecule has 0 radical (unpaired) electrons. The van der Waals surface area contributed by atoms with Gasteiger partial charge in [0.2, 0.25) is 0 Å². The Bertz CT molecular complexity index is 293. The highest BCUT2D eigenvalue weighted by Crippen LogP contribution is 2.37. The molecular formula is C9H8OS. The van der Waals surface area contributed by atoms with Gasteiger partial charge >= 0.3 is 0 Å². The Morgan fingerprint density at radius 2 is 2.18 bits per heavy atom. The lowest BCUT2D eigenvalue weighted by Crippen LogP contribution is -2.01. The maximum Gasteiger partial charge on any atom is 0.138 e. The van der Waals surface area contributed by atoms with Crippen LogP contribution >= 0.6 is 11.8 Å². The quantitative estimate of drug-likeness (QED) is 0.583. The third-order valence-electron chi connectivity index (χ3n) is 1.64. The van der Waals surface area contributed by atoms with E-state index in [1.54, 1.807) is 11.8 Å². The predicted octanol–water partition coefficient (Wildman–Crippen LogP) is 2.74. The number of para-hydroxylation sites is 1.